The van der Waals surface area contributed by atoms with Gasteiger partial charge in [-0.25, -0.2) is 0 Å². The minimum atomic E-state index is -0.880. The van der Waals surface area contributed by atoms with E-state index in [0.717, 1.165) is 13.2 Å². The van der Waals surface area contributed by atoms with E-state index >= 15 is 0 Å². The zero-order valence-electron chi connectivity index (χ0n) is 15.2. The van der Waals surface area contributed by atoms with Crippen LogP contribution in [0.5, 0.6) is 0 Å². The largest absolute Gasteiger partial charge is 0.481 e. The van der Waals surface area contributed by atoms with Gasteiger partial charge in [0.25, 0.3) is 0 Å². The van der Waals surface area contributed by atoms with E-state index in [2.05, 4.69) is 32.4 Å². The molecule has 0 amide bonds. The van der Waals surface area contributed by atoms with Crippen LogP contribution in [0.1, 0.15) is 34.1 Å². The summed E-state index contributed by atoms with van der Waals surface area (Å²) in [7, 11) is 0.690. The maximum absolute atomic E-state index is 9.92. The molecule has 0 aliphatic heterocycles. The first kappa shape index (κ1) is 24.0. The number of carboxylic acid groups (broad SMARTS) is 1. The van der Waals surface area contributed by atoms with Crippen molar-refractivity contribution in [1.82, 2.24) is 0 Å². The molecular weight excluding hydrogens is 303 g/mol. The number of hydrogen-bond donors (Lipinski definition) is 1. The summed E-state index contributed by atoms with van der Waals surface area (Å²) in [5, 5.41) is 8.16. The van der Waals surface area contributed by atoms with Gasteiger partial charge in [0.15, 0.2) is 0 Å². The Balaban J connectivity index is 0. The topological polar surface area (TPSA) is 65.0 Å². The summed E-state index contributed by atoms with van der Waals surface area (Å²) in [6.07, 6.45) is 5.70. The maximum Gasteiger partial charge on any atom is 0.305 e. The first-order valence-corrected chi connectivity index (χ1v) is 11.2. The van der Waals surface area contributed by atoms with Gasteiger partial charge in [-0.3, -0.25) is 4.79 Å². The molecule has 0 aliphatic carbocycles. The molecule has 0 bridgehead atoms. The molecule has 0 spiro atoms. The van der Waals surface area contributed by atoms with Crippen molar-refractivity contribution in [2.45, 2.75) is 34.1 Å². The molecule has 136 valence electrons. The number of carbonyl (C=O) groups is 1. The van der Waals surface area contributed by atoms with Crippen molar-refractivity contribution in [3.8, 4) is 0 Å². The molecule has 6 heteroatoms. The van der Waals surface area contributed by atoms with E-state index in [1.54, 1.807) is 7.11 Å². The molecule has 5 nitrogen and oxygen atoms in total. The fourth-order valence-corrected chi connectivity index (χ4v) is 5.26. The average Bonchev–Trinajstić information content (AvgIpc) is 2.52. The predicted molar refractivity (Wildman–Crippen MR) is 96.2 cm³/mol. The van der Waals surface area contributed by atoms with Crippen LogP contribution in [0.3, 0.4) is 0 Å². The van der Waals surface area contributed by atoms with E-state index in [1.165, 1.54) is 24.6 Å². The summed E-state index contributed by atoms with van der Waals surface area (Å²) in [5.41, 5.74) is 0. The molecule has 0 aromatic rings. The van der Waals surface area contributed by atoms with E-state index in [-0.39, 0.29) is 13.0 Å². The van der Waals surface area contributed by atoms with Crippen molar-refractivity contribution in [1.29, 1.82) is 0 Å². The number of carboxylic acids is 1. The van der Waals surface area contributed by atoms with Gasteiger partial charge in [-0.2, -0.15) is 0 Å². The van der Waals surface area contributed by atoms with Gasteiger partial charge in [-0.15, -0.1) is 0 Å². The van der Waals surface area contributed by atoms with Crippen LogP contribution in [0, 0.1) is 0 Å². The second kappa shape index (κ2) is 17.1. The predicted octanol–water partition coefficient (Wildman–Crippen LogP) is 2.96. The van der Waals surface area contributed by atoms with E-state index in [4.69, 9.17) is 14.6 Å². The van der Waals surface area contributed by atoms with E-state index in [1.807, 2.05) is 0 Å². The van der Waals surface area contributed by atoms with Gasteiger partial charge < -0.3 is 14.6 Å². The van der Waals surface area contributed by atoms with Gasteiger partial charge >= 0.3 is 83.5 Å². The molecule has 0 saturated heterocycles. The Bertz CT molecular complexity index is 236. The van der Waals surface area contributed by atoms with Crippen LogP contribution in [0.15, 0.2) is 0 Å². The Kier molecular flexibility index (Phi) is 18.7. The van der Waals surface area contributed by atoms with E-state index in [9.17, 15) is 4.79 Å². The molecule has 0 aliphatic rings. The average molecular weight is 340 g/mol. The molecule has 1 N–H and O–H groups in total. The Morgan fingerprint density at radius 2 is 1.50 bits per heavy atom. The van der Waals surface area contributed by atoms with Crippen molar-refractivity contribution in [2.75, 3.05) is 64.8 Å². The quantitative estimate of drug-likeness (QED) is 0.412. The fourth-order valence-electron chi connectivity index (χ4n) is 2.12. The first-order chi connectivity index (χ1) is 10.5. The second-order valence-corrected chi connectivity index (χ2v) is 10.9. The number of methoxy groups -OCH3 is 1. The van der Waals surface area contributed by atoms with Crippen LogP contribution in [0.4, 0.5) is 0 Å². The third-order valence-corrected chi connectivity index (χ3v) is 9.89. The Hall–Kier alpha value is -0.220. The molecule has 22 heavy (non-hydrogen) atoms. The minimum Gasteiger partial charge on any atom is -0.481 e. The van der Waals surface area contributed by atoms with Crippen molar-refractivity contribution >= 4 is 13.2 Å². The van der Waals surface area contributed by atoms with Gasteiger partial charge in [0.2, 0.25) is 0 Å². The fraction of sp³-hybridized carbons (Fsp3) is 0.938. The Labute approximate surface area is 137 Å². The van der Waals surface area contributed by atoms with Gasteiger partial charge in [0.1, 0.15) is 0 Å². The summed E-state index contributed by atoms with van der Waals surface area (Å²) in [6.45, 7) is 12.2. The Morgan fingerprint density at radius 1 is 0.909 bits per heavy atom. The molecule has 0 fully saturated rings. The maximum atomic E-state index is 9.92. The zero-order valence-corrected chi connectivity index (χ0v) is 16.2. The number of hydrogen-bond acceptors (Lipinski definition) is 4. The minimum absolute atomic E-state index is 0.0592. The summed E-state index contributed by atoms with van der Waals surface area (Å²) >= 11 is 0. The molecule has 0 unspecified atom stereocenters. The van der Waals surface area contributed by atoms with Crippen LogP contribution in [-0.2, 0) is 19.0 Å². The Morgan fingerprint density at radius 3 is 1.91 bits per heavy atom. The monoisotopic (exact) mass is 340 g/mol. The number of rotatable bonds is 13. The van der Waals surface area contributed by atoms with Crippen molar-refractivity contribution in [3.05, 3.63) is 0 Å². The number of aliphatic carboxylic acids is 1. The summed E-state index contributed by atoms with van der Waals surface area (Å²) in [5.74, 6) is -0.836. The van der Waals surface area contributed by atoms with Crippen LogP contribution in [-0.4, -0.2) is 75.9 Å². The zero-order chi connectivity index (χ0) is 17.3. The van der Waals surface area contributed by atoms with Crippen LogP contribution >= 0.6 is 7.26 Å². The number of ether oxygens (including phenoxy) is 3. The molecular formula is C16H37O5P. The van der Waals surface area contributed by atoms with Crippen LogP contribution in [0.2, 0.25) is 0 Å². The second-order valence-electron chi connectivity index (χ2n) is 5.26. The van der Waals surface area contributed by atoms with Crippen LogP contribution in [0.25, 0.3) is 0 Å². The van der Waals surface area contributed by atoms with Gasteiger partial charge in [-0.05, 0) is 0 Å². The molecule has 0 rings (SSSR count). The van der Waals surface area contributed by atoms with E-state index < -0.39 is 13.2 Å². The first-order valence-electron chi connectivity index (χ1n) is 8.38. The van der Waals surface area contributed by atoms with Gasteiger partial charge in [0.05, 0.1) is 26.2 Å². The van der Waals surface area contributed by atoms with E-state index in [0.29, 0.717) is 13.2 Å². The standard InChI is InChI=1S/C10H25OP.C6H12O4/c1-5-11-9-10-12(6-2,7-3)8-4;1-9-4-5-10-3-2-6(7)8/h12H,5-10H2,1-4H3;2-5H2,1H3,(H,7,8). The molecule has 0 atom stereocenters. The summed E-state index contributed by atoms with van der Waals surface area (Å²) in [4.78, 5) is 9.92. The summed E-state index contributed by atoms with van der Waals surface area (Å²) in [6, 6.07) is 0. The third kappa shape index (κ3) is 14.7. The smallest absolute Gasteiger partial charge is 0.305 e. The third-order valence-electron chi connectivity index (χ3n) is 4.12. The van der Waals surface area contributed by atoms with Crippen molar-refractivity contribution < 1.29 is 24.1 Å². The normalized spacial score (nSPS) is 11.7. The van der Waals surface area contributed by atoms with Crippen molar-refractivity contribution in [3.63, 3.8) is 0 Å². The molecule has 0 aromatic heterocycles. The molecule has 0 aromatic carbocycles. The molecule has 0 saturated carbocycles. The van der Waals surface area contributed by atoms with Crippen molar-refractivity contribution in [2.24, 2.45) is 0 Å². The van der Waals surface area contributed by atoms with Crippen LogP contribution < -0.4 is 0 Å². The molecule has 0 heterocycles. The SMILES string of the molecule is CCOCC[PH](CC)(CC)CC.COCCOCCC(=O)O. The molecule has 0 radical (unpaired) electrons. The summed E-state index contributed by atoms with van der Waals surface area (Å²) < 4.78 is 15.0. The van der Waals surface area contributed by atoms with Gasteiger partial charge in [0, 0.05) is 7.11 Å². The van der Waals surface area contributed by atoms with Gasteiger partial charge in [-0.1, -0.05) is 0 Å².